The second kappa shape index (κ2) is 8.65. The summed E-state index contributed by atoms with van der Waals surface area (Å²) in [6.07, 6.45) is 0. The van der Waals surface area contributed by atoms with E-state index in [2.05, 4.69) is 39.0 Å². The molecule has 1 aliphatic rings. The van der Waals surface area contributed by atoms with Gasteiger partial charge in [0.05, 0.1) is 11.4 Å². The molecular formula is C20H24N4O2S. The topological polar surface area (TPSA) is 54.6 Å². The fourth-order valence-electron chi connectivity index (χ4n) is 3.18. The summed E-state index contributed by atoms with van der Waals surface area (Å²) in [6, 6.07) is 12.2. The van der Waals surface area contributed by atoms with Crippen LogP contribution in [0.25, 0.3) is 10.7 Å². The van der Waals surface area contributed by atoms with Crippen molar-refractivity contribution in [1.29, 1.82) is 0 Å². The van der Waals surface area contributed by atoms with E-state index in [1.807, 2.05) is 29.6 Å². The summed E-state index contributed by atoms with van der Waals surface area (Å²) in [7, 11) is 0. The maximum Gasteiger partial charge on any atom is 0.241 e. The molecule has 3 aromatic rings. The molecule has 0 spiro atoms. The van der Waals surface area contributed by atoms with Crippen molar-refractivity contribution in [2.24, 2.45) is 0 Å². The van der Waals surface area contributed by atoms with E-state index in [-0.39, 0.29) is 0 Å². The third-order valence-corrected chi connectivity index (χ3v) is 5.57. The molecule has 2 aromatic heterocycles. The van der Waals surface area contributed by atoms with Crippen molar-refractivity contribution in [1.82, 2.24) is 19.9 Å². The molecule has 3 heterocycles. The van der Waals surface area contributed by atoms with Crippen molar-refractivity contribution in [2.45, 2.75) is 13.5 Å². The van der Waals surface area contributed by atoms with Crippen LogP contribution in [-0.2, 0) is 6.54 Å². The zero-order valence-corrected chi connectivity index (χ0v) is 16.3. The molecule has 4 rings (SSSR count). The number of benzene rings is 1. The van der Waals surface area contributed by atoms with Gasteiger partial charge < -0.3 is 9.26 Å². The number of aryl methyl sites for hydroxylation is 1. The molecule has 142 valence electrons. The van der Waals surface area contributed by atoms with Gasteiger partial charge in [-0.3, -0.25) is 9.80 Å². The van der Waals surface area contributed by atoms with Crippen molar-refractivity contribution >= 4 is 11.3 Å². The summed E-state index contributed by atoms with van der Waals surface area (Å²) in [5, 5.41) is 6.11. The van der Waals surface area contributed by atoms with E-state index in [0.717, 1.165) is 50.0 Å². The second-order valence-electron chi connectivity index (χ2n) is 6.77. The first-order chi connectivity index (χ1) is 13.3. The predicted octanol–water partition coefficient (Wildman–Crippen LogP) is 3.30. The minimum Gasteiger partial charge on any atom is -0.492 e. The third kappa shape index (κ3) is 4.94. The van der Waals surface area contributed by atoms with Crippen molar-refractivity contribution in [2.75, 3.05) is 39.3 Å². The Morgan fingerprint density at radius 1 is 1.11 bits per heavy atom. The zero-order chi connectivity index (χ0) is 18.5. The van der Waals surface area contributed by atoms with E-state index < -0.39 is 0 Å². The van der Waals surface area contributed by atoms with Crippen LogP contribution in [0, 0.1) is 6.92 Å². The van der Waals surface area contributed by atoms with Gasteiger partial charge in [-0.15, -0.1) is 11.3 Å². The van der Waals surface area contributed by atoms with Crippen LogP contribution in [0.3, 0.4) is 0 Å². The van der Waals surface area contributed by atoms with E-state index >= 15 is 0 Å². The summed E-state index contributed by atoms with van der Waals surface area (Å²) >= 11 is 1.63. The molecule has 1 aliphatic heterocycles. The Morgan fingerprint density at radius 3 is 2.74 bits per heavy atom. The maximum atomic E-state index is 5.86. The van der Waals surface area contributed by atoms with Gasteiger partial charge in [0, 0.05) is 32.7 Å². The summed E-state index contributed by atoms with van der Waals surface area (Å²) < 4.78 is 11.3. The van der Waals surface area contributed by atoms with Crippen LogP contribution < -0.4 is 4.74 Å². The van der Waals surface area contributed by atoms with Crippen LogP contribution in [0.15, 0.2) is 46.3 Å². The third-order valence-electron chi connectivity index (χ3n) is 4.70. The Kier molecular flexibility index (Phi) is 5.81. The summed E-state index contributed by atoms with van der Waals surface area (Å²) in [5.74, 6) is 2.33. The van der Waals surface area contributed by atoms with Crippen LogP contribution in [-0.4, -0.2) is 59.3 Å². The van der Waals surface area contributed by atoms with Crippen LogP contribution in [0.1, 0.15) is 11.5 Å². The first-order valence-electron chi connectivity index (χ1n) is 9.27. The average molecular weight is 385 g/mol. The summed E-state index contributed by atoms with van der Waals surface area (Å²) in [5.41, 5.74) is 1.23. The molecule has 1 fully saturated rings. The van der Waals surface area contributed by atoms with Gasteiger partial charge in [-0.05, 0) is 36.1 Å². The molecule has 0 N–H and O–H groups in total. The Balaban J connectivity index is 1.19. The highest BCUT2D eigenvalue weighted by molar-refractivity contribution is 7.13. The highest BCUT2D eigenvalue weighted by Gasteiger charge is 2.19. The molecule has 0 saturated carbocycles. The zero-order valence-electron chi connectivity index (χ0n) is 15.5. The molecular weight excluding hydrogens is 360 g/mol. The molecule has 27 heavy (non-hydrogen) atoms. The standard InChI is InChI=1S/C20H24N4O2S/c1-16-4-2-5-17(14-16)25-12-11-23-7-9-24(10-8-23)15-19-21-20(22-26-19)18-6-3-13-27-18/h2-6,13-14H,7-12,15H2,1H3. The predicted molar refractivity (Wildman–Crippen MR) is 106 cm³/mol. The lowest BCUT2D eigenvalue weighted by molar-refractivity contribution is 0.104. The van der Waals surface area contributed by atoms with Crippen LogP contribution in [0.2, 0.25) is 0 Å². The van der Waals surface area contributed by atoms with Gasteiger partial charge in [0.2, 0.25) is 11.7 Å². The van der Waals surface area contributed by atoms with E-state index in [4.69, 9.17) is 9.26 Å². The van der Waals surface area contributed by atoms with Crippen molar-refractivity contribution < 1.29 is 9.26 Å². The average Bonchev–Trinajstić information content (AvgIpc) is 3.35. The molecule has 1 aromatic carbocycles. The highest BCUT2D eigenvalue weighted by Crippen LogP contribution is 2.21. The number of ether oxygens (including phenoxy) is 1. The first-order valence-corrected chi connectivity index (χ1v) is 10.1. The summed E-state index contributed by atoms with van der Waals surface area (Å²) in [4.78, 5) is 10.4. The Morgan fingerprint density at radius 2 is 1.96 bits per heavy atom. The highest BCUT2D eigenvalue weighted by atomic mass is 32.1. The molecule has 0 aliphatic carbocycles. The molecule has 0 unspecified atom stereocenters. The molecule has 0 bridgehead atoms. The SMILES string of the molecule is Cc1cccc(OCCN2CCN(Cc3nc(-c4cccs4)no3)CC2)c1. The number of aromatic nitrogens is 2. The van der Waals surface area contributed by atoms with Crippen LogP contribution >= 0.6 is 11.3 Å². The lowest BCUT2D eigenvalue weighted by Gasteiger charge is -2.33. The minimum absolute atomic E-state index is 0.687. The van der Waals surface area contributed by atoms with Crippen LogP contribution in [0.5, 0.6) is 5.75 Å². The van der Waals surface area contributed by atoms with E-state index in [1.54, 1.807) is 11.3 Å². The van der Waals surface area contributed by atoms with Gasteiger partial charge in [0.15, 0.2) is 0 Å². The largest absolute Gasteiger partial charge is 0.492 e. The van der Waals surface area contributed by atoms with Crippen molar-refractivity contribution in [3.63, 3.8) is 0 Å². The lowest BCUT2D eigenvalue weighted by Crippen LogP contribution is -2.47. The number of hydrogen-bond donors (Lipinski definition) is 0. The van der Waals surface area contributed by atoms with Gasteiger partial charge in [-0.2, -0.15) is 4.98 Å². The van der Waals surface area contributed by atoms with E-state index in [0.29, 0.717) is 18.3 Å². The van der Waals surface area contributed by atoms with Gasteiger partial charge in [0.1, 0.15) is 12.4 Å². The van der Waals surface area contributed by atoms with Gasteiger partial charge in [-0.1, -0.05) is 23.4 Å². The number of thiophene rings is 1. The van der Waals surface area contributed by atoms with Crippen molar-refractivity contribution in [3.8, 4) is 16.5 Å². The summed E-state index contributed by atoms with van der Waals surface area (Å²) in [6.45, 7) is 8.53. The number of piperazine rings is 1. The fourth-order valence-corrected chi connectivity index (χ4v) is 3.83. The molecule has 6 nitrogen and oxygen atoms in total. The molecule has 0 radical (unpaired) electrons. The Bertz CT molecular complexity index is 841. The minimum atomic E-state index is 0.687. The molecule has 0 atom stereocenters. The van der Waals surface area contributed by atoms with Crippen molar-refractivity contribution in [3.05, 3.63) is 53.2 Å². The Hall–Kier alpha value is -2.22. The Labute approximate surface area is 163 Å². The fraction of sp³-hybridized carbons (Fsp3) is 0.400. The smallest absolute Gasteiger partial charge is 0.241 e. The van der Waals surface area contributed by atoms with Gasteiger partial charge in [-0.25, -0.2) is 0 Å². The number of nitrogens with zero attached hydrogens (tertiary/aromatic N) is 4. The second-order valence-corrected chi connectivity index (χ2v) is 7.72. The van der Waals surface area contributed by atoms with Crippen LogP contribution in [0.4, 0.5) is 0 Å². The van der Waals surface area contributed by atoms with Gasteiger partial charge in [0.25, 0.3) is 0 Å². The van der Waals surface area contributed by atoms with E-state index in [1.165, 1.54) is 5.56 Å². The number of hydrogen-bond acceptors (Lipinski definition) is 7. The first kappa shape index (κ1) is 18.2. The number of rotatable bonds is 7. The molecule has 1 saturated heterocycles. The molecule has 7 heteroatoms. The lowest BCUT2D eigenvalue weighted by atomic mass is 10.2. The van der Waals surface area contributed by atoms with E-state index in [9.17, 15) is 0 Å². The quantitative estimate of drug-likeness (QED) is 0.623. The monoisotopic (exact) mass is 384 g/mol. The maximum absolute atomic E-state index is 5.86. The van der Waals surface area contributed by atoms with Gasteiger partial charge >= 0.3 is 0 Å². The molecule has 0 amide bonds. The normalized spacial score (nSPS) is 15.9.